The Morgan fingerprint density at radius 2 is 1.89 bits per heavy atom. The molecule has 2 rings (SSSR count). The second-order valence-electron chi connectivity index (χ2n) is 4.59. The largest absolute Gasteiger partial charge is 0.309 e. The second-order valence-corrected chi connectivity index (χ2v) is 4.59. The van der Waals surface area contributed by atoms with Crippen LogP contribution in [0.15, 0.2) is 36.5 Å². The first-order chi connectivity index (χ1) is 9.17. The number of rotatable bonds is 5. The maximum atomic E-state index is 11.8. The van der Waals surface area contributed by atoms with Gasteiger partial charge in [-0.1, -0.05) is 31.2 Å². The van der Waals surface area contributed by atoms with Gasteiger partial charge in [0.2, 0.25) is 5.91 Å². The number of hydrogen-bond acceptors (Lipinski definition) is 2. The number of aryl methyl sites for hydroxylation is 3. The van der Waals surface area contributed by atoms with Crippen LogP contribution in [0, 0.1) is 0 Å². The van der Waals surface area contributed by atoms with Gasteiger partial charge in [-0.2, -0.15) is 5.10 Å². The molecule has 1 aromatic heterocycles. The van der Waals surface area contributed by atoms with E-state index in [0.717, 1.165) is 12.8 Å². The van der Waals surface area contributed by atoms with E-state index in [0.29, 0.717) is 12.2 Å². The second kappa shape index (κ2) is 6.18. The van der Waals surface area contributed by atoms with Crippen LogP contribution in [-0.4, -0.2) is 15.7 Å². The number of carbonyl (C=O) groups is 1. The molecule has 4 nitrogen and oxygen atoms in total. The van der Waals surface area contributed by atoms with Crippen LogP contribution >= 0.6 is 0 Å². The van der Waals surface area contributed by atoms with Gasteiger partial charge in [-0.05, 0) is 24.0 Å². The highest BCUT2D eigenvalue weighted by atomic mass is 16.1. The molecule has 100 valence electrons. The fraction of sp³-hybridized carbons (Fsp3) is 0.333. The van der Waals surface area contributed by atoms with Gasteiger partial charge in [0.15, 0.2) is 5.82 Å². The summed E-state index contributed by atoms with van der Waals surface area (Å²) in [6, 6.07) is 10.2. The van der Waals surface area contributed by atoms with Gasteiger partial charge in [-0.25, -0.2) is 0 Å². The van der Waals surface area contributed by atoms with E-state index in [-0.39, 0.29) is 5.91 Å². The van der Waals surface area contributed by atoms with E-state index in [1.807, 2.05) is 7.05 Å². The Morgan fingerprint density at radius 1 is 1.21 bits per heavy atom. The van der Waals surface area contributed by atoms with Crippen molar-refractivity contribution in [3.8, 4) is 0 Å². The molecule has 19 heavy (non-hydrogen) atoms. The van der Waals surface area contributed by atoms with E-state index in [2.05, 4.69) is 41.6 Å². The van der Waals surface area contributed by atoms with Crippen LogP contribution < -0.4 is 5.32 Å². The van der Waals surface area contributed by atoms with Gasteiger partial charge in [0, 0.05) is 25.7 Å². The maximum Gasteiger partial charge on any atom is 0.225 e. The number of nitrogens with one attached hydrogen (secondary N) is 1. The lowest BCUT2D eigenvalue weighted by molar-refractivity contribution is -0.116. The Kier molecular flexibility index (Phi) is 4.34. The van der Waals surface area contributed by atoms with Crippen molar-refractivity contribution in [1.29, 1.82) is 0 Å². The molecule has 1 heterocycles. The summed E-state index contributed by atoms with van der Waals surface area (Å²) < 4.78 is 1.67. The molecule has 1 aromatic carbocycles. The summed E-state index contributed by atoms with van der Waals surface area (Å²) in [6.07, 6.45) is 4.07. The predicted molar refractivity (Wildman–Crippen MR) is 76.0 cm³/mol. The van der Waals surface area contributed by atoms with Gasteiger partial charge in [-0.3, -0.25) is 9.48 Å². The Bertz CT molecular complexity index is 543. The molecule has 0 aliphatic heterocycles. The van der Waals surface area contributed by atoms with Crippen molar-refractivity contribution in [2.75, 3.05) is 5.32 Å². The fourth-order valence-electron chi connectivity index (χ4n) is 1.89. The number of aromatic nitrogens is 2. The number of anilines is 1. The first-order valence-electron chi connectivity index (χ1n) is 6.54. The predicted octanol–water partition coefficient (Wildman–Crippen LogP) is 2.55. The summed E-state index contributed by atoms with van der Waals surface area (Å²) in [7, 11) is 1.82. The van der Waals surface area contributed by atoms with Gasteiger partial charge in [-0.15, -0.1) is 0 Å². The van der Waals surface area contributed by atoms with Gasteiger partial charge >= 0.3 is 0 Å². The zero-order valence-electron chi connectivity index (χ0n) is 11.4. The number of hydrogen-bond donors (Lipinski definition) is 1. The molecule has 1 amide bonds. The minimum atomic E-state index is -0.00160. The van der Waals surface area contributed by atoms with Crippen molar-refractivity contribution in [3.63, 3.8) is 0 Å². The molecule has 4 heteroatoms. The van der Waals surface area contributed by atoms with Crippen LogP contribution in [-0.2, 0) is 24.7 Å². The van der Waals surface area contributed by atoms with Crippen molar-refractivity contribution >= 4 is 11.7 Å². The molecule has 0 spiro atoms. The lowest BCUT2D eigenvalue weighted by atomic mass is 10.1. The zero-order valence-corrected chi connectivity index (χ0v) is 11.4. The van der Waals surface area contributed by atoms with Crippen molar-refractivity contribution in [2.45, 2.75) is 26.2 Å². The van der Waals surface area contributed by atoms with Crippen LogP contribution in [0.1, 0.15) is 24.5 Å². The topological polar surface area (TPSA) is 46.9 Å². The highest BCUT2D eigenvalue weighted by Gasteiger charge is 2.05. The van der Waals surface area contributed by atoms with E-state index in [1.165, 1.54) is 11.1 Å². The highest BCUT2D eigenvalue weighted by Crippen LogP contribution is 2.08. The average molecular weight is 257 g/mol. The summed E-state index contributed by atoms with van der Waals surface area (Å²) in [6.45, 7) is 2.13. The van der Waals surface area contributed by atoms with E-state index < -0.39 is 0 Å². The van der Waals surface area contributed by atoms with Crippen LogP contribution in [0.25, 0.3) is 0 Å². The van der Waals surface area contributed by atoms with E-state index in [9.17, 15) is 4.79 Å². The third kappa shape index (κ3) is 3.95. The van der Waals surface area contributed by atoms with Gasteiger partial charge in [0.05, 0.1) is 0 Å². The Balaban J connectivity index is 1.82. The molecule has 0 unspecified atom stereocenters. The summed E-state index contributed by atoms with van der Waals surface area (Å²) in [5, 5.41) is 6.90. The molecule has 0 fully saturated rings. The fourth-order valence-corrected chi connectivity index (χ4v) is 1.89. The monoisotopic (exact) mass is 257 g/mol. The molecule has 0 aliphatic carbocycles. The minimum Gasteiger partial charge on any atom is -0.309 e. The Morgan fingerprint density at radius 3 is 2.47 bits per heavy atom. The molecule has 0 aliphatic rings. The summed E-state index contributed by atoms with van der Waals surface area (Å²) in [5.41, 5.74) is 2.51. The van der Waals surface area contributed by atoms with E-state index >= 15 is 0 Å². The summed E-state index contributed by atoms with van der Waals surface area (Å²) >= 11 is 0. The first kappa shape index (κ1) is 13.3. The zero-order chi connectivity index (χ0) is 13.7. The maximum absolute atomic E-state index is 11.8. The number of carbonyl (C=O) groups excluding carboxylic acids is 1. The van der Waals surface area contributed by atoms with Crippen LogP contribution in [0.4, 0.5) is 5.82 Å². The standard InChI is InChI=1S/C15H19N3O/c1-3-12-4-6-13(7-5-12)8-9-15(19)16-14-10-11-18(2)17-14/h4-7,10-11H,3,8-9H2,1-2H3,(H,16,17,19). The molecular weight excluding hydrogens is 238 g/mol. The van der Waals surface area contributed by atoms with Crippen LogP contribution in [0.2, 0.25) is 0 Å². The third-order valence-electron chi connectivity index (χ3n) is 3.05. The van der Waals surface area contributed by atoms with Gasteiger partial charge < -0.3 is 5.32 Å². The van der Waals surface area contributed by atoms with Gasteiger partial charge in [0.1, 0.15) is 0 Å². The number of amides is 1. The van der Waals surface area contributed by atoms with Crippen LogP contribution in [0.5, 0.6) is 0 Å². The third-order valence-corrected chi connectivity index (χ3v) is 3.05. The molecule has 0 saturated heterocycles. The quantitative estimate of drug-likeness (QED) is 0.894. The van der Waals surface area contributed by atoms with Crippen LogP contribution in [0.3, 0.4) is 0 Å². The Hall–Kier alpha value is -2.10. The number of nitrogens with zero attached hydrogens (tertiary/aromatic N) is 2. The molecule has 2 aromatic rings. The van der Waals surface area contributed by atoms with Crippen molar-refractivity contribution in [3.05, 3.63) is 47.7 Å². The minimum absolute atomic E-state index is 0.00160. The van der Waals surface area contributed by atoms with Gasteiger partial charge in [0.25, 0.3) is 0 Å². The molecule has 0 radical (unpaired) electrons. The summed E-state index contributed by atoms with van der Waals surface area (Å²) in [4.78, 5) is 11.8. The average Bonchev–Trinajstić information content (AvgIpc) is 2.82. The molecular formula is C15H19N3O. The molecule has 0 saturated carbocycles. The number of benzene rings is 1. The van der Waals surface area contributed by atoms with Crippen molar-refractivity contribution in [1.82, 2.24) is 9.78 Å². The van der Waals surface area contributed by atoms with E-state index in [1.54, 1.807) is 16.9 Å². The smallest absolute Gasteiger partial charge is 0.225 e. The lowest BCUT2D eigenvalue weighted by Gasteiger charge is -2.03. The normalized spacial score (nSPS) is 10.4. The van der Waals surface area contributed by atoms with Crippen molar-refractivity contribution in [2.24, 2.45) is 7.05 Å². The summed E-state index contributed by atoms with van der Waals surface area (Å²) in [5.74, 6) is 0.604. The van der Waals surface area contributed by atoms with E-state index in [4.69, 9.17) is 0 Å². The SMILES string of the molecule is CCc1ccc(CCC(=O)Nc2ccn(C)n2)cc1. The Labute approximate surface area is 113 Å². The molecule has 0 bridgehead atoms. The van der Waals surface area contributed by atoms with Crippen molar-refractivity contribution < 1.29 is 4.79 Å². The highest BCUT2D eigenvalue weighted by molar-refractivity contribution is 5.89. The molecule has 0 atom stereocenters. The first-order valence-corrected chi connectivity index (χ1v) is 6.54. The molecule has 1 N–H and O–H groups in total. The lowest BCUT2D eigenvalue weighted by Crippen LogP contribution is -2.13.